The SMILES string of the molecule is CCC(C#N)S(=O)(=O)NCCC(C)(C)CCC(=O)O. The summed E-state index contributed by atoms with van der Waals surface area (Å²) < 4.78 is 25.8. The highest BCUT2D eigenvalue weighted by Gasteiger charge is 2.24. The van der Waals surface area contributed by atoms with Crippen LogP contribution in [0.25, 0.3) is 0 Å². The lowest BCUT2D eigenvalue weighted by molar-refractivity contribution is -0.137. The van der Waals surface area contributed by atoms with Gasteiger partial charge in [0, 0.05) is 13.0 Å². The van der Waals surface area contributed by atoms with Crippen molar-refractivity contribution < 1.29 is 18.3 Å². The van der Waals surface area contributed by atoms with Crippen molar-refractivity contribution in [2.24, 2.45) is 5.41 Å². The highest BCUT2D eigenvalue weighted by molar-refractivity contribution is 7.90. The molecule has 0 aromatic carbocycles. The van der Waals surface area contributed by atoms with Crippen LogP contribution in [0.4, 0.5) is 0 Å². The topological polar surface area (TPSA) is 107 Å². The van der Waals surface area contributed by atoms with Gasteiger partial charge in [-0.1, -0.05) is 20.8 Å². The van der Waals surface area contributed by atoms with Crippen LogP contribution in [0, 0.1) is 16.7 Å². The molecule has 0 fully saturated rings. The van der Waals surface area contributed by atoms with Crippen molar-refractivity contribution in [3.05, 3.63) is 0 Å². The molecule has 0 aromatic rings. The summed E-state index contributed by atoms with van der Waals surface area (Å²) in [5.41, 5.74) is -0.255. The number of carboxylic acid groups (broad SMARTS) is 1. The Morgan fingerprint density at radius 2 is 2.00 bits per heavy atom. The molecule has 0 heterocycles. The summed E-state index contributed by atoms with van der Waals surface area (Å²) in [6, 6.07) is 1.75. The van der Waals surface area contributed by atoms with E-state index in [9.17, 15) is 13.2 Å². The minimum atomic E-state index is -3.60. The van der Waals surface area contributed by atoms with Crippen molar-refractivity contribution >= 4 is 16.0 Å². The summed E-state index contributed by atoms with van der Waals surface area (Å²) in [6.07, 6.45) is 1.32. The third-order valence-corrected chi connectivity index (χ3v) is 4.80. The molecule has 0 aliphatic rings. The molecule has 0 bridgehead atoms. The average molecular weight is 290 g/mol. The number of sulfonamides is 1. The van der Waals surface area contributed by atoms with E-state index >= 15 is 0 Å². The monoisotopic (exact) mass is 290 g/mol. The molecular weight excluding hydrogens is 268 g/mol. The Bertz CT molecular complexity index is 437. The number of nitriles is 1. The Morgan fingerprint density at radius 3 is 2.42 bits per heavy atom. The van der Waals surface area contributed by atoms with E-state index in [2.05, 4.69) is 4.72 Å². The van der Waals surface area contributed by atoms with Crippen LogP contribution in [-0.2, 0) is 14.8 Å². The van der Waals surface area contributed by atoms with Crippen molar-refractivity contribution in [1.82, 2.24) is 4.72 Å². The first-order chi connectivity index (χ1) is 8.64. The number of carbonyl (C=O) groups is 1. The van der Waals surface area contributed by atoms with Gasteiger partial charge >= 0.3 is 5.97 Å². The zero-order valence-electron chi connectivity index (χ0n) is 11.6. The Labute approximate surface area is 114 Å². The fourth-order valence-electron chi connectivity index (χ4n) is 1.58. The first-order valence-corrected chi connectivity index (χ1v) is 7.79. The molecule has 0 amide bonds. The van der Waals surface area contributed by atoms with Crippen LogP contribution >= 0.6 is 0 Å². The van der Waals surface area contributed by atoms with Crippen LogP contribution in [0.15, 0.2) is 0 Å². The zero-order valence-corrected chi connectivity index (χ0v) is 12.5. The molecule has 0 saturated carbocycles. The molecule has 0 aliphatic heterocycles. The largest absolute Gasteiger partial charge is 0.481 e. The van der Waals surface area contributed by atoms with Crippen LogP contribution in [0.1, 0.15) is 46.5 Å². The number of aliphatic carboxylic acids is 1. The number of carboxylic acids is 1. The molecule has 2 N–H and O–H groups in total. The third-order valence-electron chi connectivity index (χ3n) is 3.01. The zero-order chi connectivity index (χ0) is 15.1. The molecule has 0 saturated heterocycles. The predicted molar refractivity (Wildman–Crippen MR) is 71.9 cm³/mol. The maximum atomic E-state index is 11.7. The molecule has 1 atom stereocenters. The van der Waals surface area contributed by atoms with Crippen LogP contribution in [0.2, 0.25) is 0 Å². The van der Waals surface area contributed by atoms with Gasteiger partial charge in [-0.05, 0) is 24.7 Å². The van der Waals surface area contributed by atoms with E-state index in [1.807, 2.05) is 13.8 Å². The summed E-state index contributed by atoms with van der Waals surface area (Å²) in [5.74, 6) is -0.857. The quantitative estimate of drug-likeness (QED) is 0.669. The predicted octanol–water partition coefficient (Wildman–Crippen LogP) is 1.49. The number of rotatable bonds is 9. The number of nitrogens with one attached hydrogen (secondary N) is 1. The fraction of sp³-hybridized carbons (Fsp3) is 0.833. The van der Waals surface area contributed by atoms with Gasteiger partial charge in [0.05, 0.1) is 6.07 Å². The van der Waals surface area contributed by atoms with Crippen molar-refractivity contribution in [2.45, 2.75) is 51.7 Å². The van der Waals surface area contributed by atoms with Gasteiger partial charge in [0.15, 0.2) is 5.25 Å². The lowest BCUT2D eigenvalue weighted by Gasteiger charge is -2.24. The Morgan fingerprint density at radius 1 is 1.42 bits per heavy atom. The van der Waals surface area contributed by atoms with Gasteiger partial charge in [0.1, 0.15) is 0 Å². The van der Waals surface area contributed by atoms with Gasteiger partial charge in [0.25, 0.3) is 0 Å². The van der Waals surface area contributed by atoms with Crippen molar-refractivity contribution in [2.75, 3.05) is 6.54 Å². The van der Waals surface area contributed by atoms with E-state index in [1.54, 1.807) is 13.0 Å². The number of nitrogens with zero attached hydrogens (tertiary/aromatic N) is 1. The fourth-order valence-corrected chi connectivity index (χ4v) is 2.75. The molecule has 0 radical (unpaired) electrons. The summed E-state index contributed by atoms with van der Waals surface area (Å²) >= 11 is 0. The average Bonchev–Trinajstić information content (AvgIpc) is 2.27. The molecule has 7 heteroatoms. The third kappa shape index (κ3) is 7.13. The van der Waals surface area contributed by atoms with Gasteiger partial charge in [-0.25, -0.2) is 13.1 Å². The van der Waals surface area contributed by atoms with Gasteiger partial charge in [-0.15, -0.1) is 0 Å². The lowest BCUT2D eigenvalue weighted by Crippen LogP contribution is -2.35. The van der Waals surface area contributed by atoms with E-state index in [0.29, 0.717) is 12.8 Å². The van der Waals surface area contributed by atoms with E-state index < -0.39 is 21.2 Å². The minimum Gasteiger partial charge on any atom is -0.481 e. The number of hydrogen-bond acceptors (Lipinski definition) is 4. The second-order valence-electron chi connectivity index (χ2n) is 5.27. The molecule has 110 valence electrons. The molecule has 19 heavy (non-hydrogen) atoms. The van der Waals surface area contributed by atoms with Crippen LogP contribution in [-0.4, -0.2) is 31.3 Å². The van der Waals surface area contributed by atoms with Gasteiger partial charge < -0.3 is 5.11 Å². The molecule has 0 rings (SSSR count). The maximum absolute atomic E-state index is 11.7. The van der Waals surface area contributed by atoms with Crippen LogP contribution < -0.4 is 4.72 Å². The van der Waals surface area contributed by atoms with Crippen molar-refractivity contribution in [1.29, 1.82) is 5.26 Å². The van der Waals surface area contributed by atoms with Gasteiger partial charge in [-0.2, -0.15) is 5.26 Å². The smallest absolute Gasteiger partial charge is 0.303 e. The molecule has 1 unspecified atom stereocenters. The molecule has 0 spiro atoms. The Hall–Kier alpha value is -1.13. The maximum Gasteiger partial charge on any atom is 0.303 e. The van der Waals surface area contributed by atoms with E-state index in [4.69, 9.17) is 10.4 Å². The van der Waals surface area contributed by atoms with E-state index in [-0.39, 0.29) is 24.8 Å². The normalized spacial score (nSPS) is 13.8. The van der Waals surface area contributed by atoms with Crippen LogP contribution in [0.5, 0.6) is 0 Å². The second kappa shape index (κ2) is 7.46. The van der Waals surface area contributed by atoms with Crippen molar-refractivity contribution in [3.8, 4) is 6.07 Å². The summed E-state index contributed by atoms with van der Waals surface area (Å²) in [5, 5.41) is 16.3. The lowest BCUT2D eigenvalue weighted by atomic mass is 9.84. The van der Waals surface area contributed by atoms with Crippen LogP contribution in [0.3, 0.4) is 0 Å². The summed E-state index contributed by atoms with van der Waals surface area (Å²) in [4.78, 5) is 10.5. The summed E-state index contributed by atoms with van der Waals surface area (Å²) in [7, 11) is -3.60. The highest BCUT2D eigenvalue weighted by Crippen LogP contribution is 2.26. The molecule has 0 aliphatic carbocycles. The first kappa shape index (κ1) is 17.9. The standard InChI is InChI=1S/C12H22N2O4S/c1-4-10(9-13)19(17,18)14-8-7-12(2,3)6-5-11(15)16/h10,14H,4-8H2,1-3H3,(H,15,16). The molecule has 6 nitrogen and oxygen atoms in total. The molecular formula is C12H22N2O4S. The van der Waals surface area contributed by atoms with E-state index in [0.717, 1.165) is 0 Å². The molecule has 0 aromatic heterocycles. The van der Waals surface area contributed by atoms with E-state index in [1.165, 1.54) is 0 Å². The van der Waals surface area contributed by atoms with Gasteiger partial charge in [-0.3, -0.25) is 4.79 Å². The Kier molecular flexibility index (Phi) is 7.01. The summed E-state index contributed by atoms with van der Waals surface area (Å²) in [6.45, 7) is 5.65. The Balaban J connectivity index is 4.29. The second-order valence-corrected chi connectivity index (χ2v) is 7.22. The minimum absolute atomic E-state index is 0.0650. The highest BCUT2D eigenvalue weighted by atomic mass is 32.2. The van der Waals surface area contributed by atoms with Crippen molar-refractivity contribution in [3.63, 3.8) is 0 Å². The number of hydrogen-bond donors (Lipinski definition) is 2. The first-order valence-electron chi connectivity index (χ1n) is 6.24. The van der Waals surface area contributed by atoms with Gasteiger partial charge in [0.2, 0.25) is 10.0 Å².